The van der Waals surface area contributed by atoms with Gasteiger partial charge in [0.2, 0.25) is 0 Å². The molecule has 16 heavy (non-hydrogen) atoms. The Balaban J connectivity index is 2.12. The van der Waals surface area contributed by atoms with Gasteiger partial charge in [0.25, 0.3) is 0 Å². The Morgan fingerprint density at radius 2 is 2.12 bits per heavy atom. The molecule has 88 valence electrons. The molecule has 1 fully saturated rings. The Bertz CT molecular complexity index is 378. The van der Waals surface area contributed by atoms with E-state index >= 15 is 0 Å². The maximum absolute atomic E-state index is 10.6. The quantitative estimate of drug-likeness (QED) is 0.855. The van der Waals surface area contributed by atoms with Crippen LogP contribution in [0, 0.1) is 6.92 Å². The fourth-order valence-electron chi connectivity index (χ4n) is 2.28. The van der Waals surface area contributed by atoms with Crippen molar-refractivity contribution >= 4 is 5.97 Å². The highest BCUT2D eigenvalue weighted by atomic mass is 16.4. The summed E-state index contributed by atoms with van der Waals surface area (Å²) >= 11 is 0. The van der Waals surface area contributed by atoms with Crippen LogP contribution >= 0.6 is 0 Å². The second kappa shape index (κ2) is 4.68. The molecule has 0 bridgehead atoms. The van der Waals surface area contributed by atoms with Crippen LogP contribution in [-0.2, 0) is 11.2 Å². The topological polar surface area (TPSA) is 63.3 Å². The fraction of sp³-hybridized carbons (Fsp3) is 0.667. The van der Waals surface area contributed by atoms with Crippen LogP contribution in [0.3, 0.4) is 0 Å². The molecule has 0 aliphatic heterocycles. The van der Waals surface area contributed by atoms with Gasteiger partial charge in [0.1, 0.15) is 12.2 Å². The molecule has 0 unspecified atom stereocenters. The molecule has 1 aromatic rings. The van der Waals surface area contributed by atoms with Crippen LogP contribution in [0.1, 0.15) is 55.4 Å². The number of hydrogen-bond acceptors (Lipinski definition) is 3. The van der Waals surface area contributed by atoms with Gasteiger partial charge in [0.15, 0.2) is 5.89 Å². The summed E-state index contributed by atoms with van der Waals surface area (Å²) in [6, 6.07) is 0. The number of aromatic nitrogens is 1. The van der Waals surface area contributed by atoms with E-state index in [1.54, 1.807) is 0 Å². The highest BCUT2D eigenvalue weighted by Crippen LogP contribution is 2.32. The first-order chi connectivity index (χ1) is 7.66. The zero-order valence-electron chi connectivity index (χ0n) is 9.53. The molecule has 4 nitrogen and oxygen atoms in total. The molecule has 1 saturated carbocycles. The predicted molar refractivity (Wildman–Crippen MR) is 58.4 cm³/mol. The van der Waals surface area contributed by atoms with E-state index in [1.807, 2.05) is 6.92 Å². The van der Waals surface area contributed by atoms with Crippen LogP contribution < -0.4 is 0 Å². The van der Waals surface area contributed by atoms with Crippen molar-refractivity contribution < 1.29 is 14.3 Å². The molecule has 2 rings (SSSR count). The van der Waals surface area contributed by atoms with Crippen molar-refractivity contribution in [3.05, 3.63) is 17.3 Å². The molecule has 0 spiro atoms. The monoisotopic (exact) mass is 223 g/mol. The standard InChI is InChI=1S/C12H17NO3/c1-8-10(7-11(14)15)16-12(13-8)9-5-3-2-4-6-9/h9H,2-7H2,1H3,(H,14,15). The average molecular weight is 223 g/mol. The summed E-state index contributed by atoms with van der Waals surface area (Å²) in [6.45, 7) is 1.81. The Morgan fingerprint density at radius 1 is 1.44 bits per heavy atom. The SMILES string of the molecule is Cc1nc(C2CCCCC2)oc1CC(=O)O. The molecule has 1 heterocycles. The summed E-state index contributed by atoms with van der Waals surface area (Å²) in [5.41, 5.74) is 0.725. The van der Waals surface area contributed by atoms with E-state index in [-0.39, 0.29) is 6.42 Å². The lowest BCUT2D eigenvalue weighted by molar-refractivity contribution is -0.136. The number of carbonyl (C=O) groups is 1. The first-order valence-electron chi connectivity index (χ1n) is 5.85. The van der Waals surface area contributed by atoms with Gasteiger partial charge >= 0.3 is 5.97 Å². The molecule has 0 radical (unpaired) electrons. The molecule has 0 atom stereocenters. The summed E-state index contributed by atoms with van der Waals surface area (Å²) in [5.74, 6) is 0.783. The van der Waals surface area contributed by atoms with E-state index in [0.717, 1.165) is 24.4 Å². The number of carboxylic acids is 1. The fourth-order valence-corrected chi connectivity index (χ4v) is 2.28. The zero-order valence-corrected chi connectivity index (χ0v) is 9.53. The van der Waals surface area contributed by atoms with Crippen molar-refractivity contribution in [2.24, 2.45) is 0 Å². The average Bonchev–Trinajstić information content (AvgIpc) is 2.61. The van der Waals surface area contributed by atoms with E-state index < -0.39 is 5.97 Å². The minimum atomic E-state index is -0.866. The summed E-state index contributed by atoms with van der Waals surface area (Å²) in [5, 5.41) is 8.72. The number of aliphatic carboxylic acids is 1. The van der Waals surface area contributed by atoms with Gasteiger partial charge in [0, 0.05) is 5.92 Å². The van der Waals surface area contributed by atoms with Gasteiger partial charge in [0.05, 0.1) is 5.69 Å². The van der Waals surface area contributed by atoms with Gasteiger partial charge in [-0.1, -0.05) is 19.3 Å². The van der Waals surface area contributed by atoms with Gasteiger partial charge < -0.3 is 9.52 Å². The van der Waals surface area contributed by atoms with Crippen LogP contribution in [0.2, 0.25) is 0 Å². The van der Waals surface area contributed by atoms with E-state index in [9.17, 15) is 4.79 Å². The zero-order chi connectivity index (χ0) is 11.5. The Hall–Kier alpha value is -1.32. The first kappa shape index (κ1) is 11.2. The number of oxazole rings is 1. The van der Waals surface area contributed by atoms with Crippen molar-refractivity contribution in [3.8, 4) is 0 Å². The molecule has 0 amide bonds. The predicted octanol–water partition coefficient (Wildman–Crippen LogP) is 2.66. The van der Waals surface area contributed by atoms with E-state index in [0.29, 0.717) is 11.7 Å². The Morgan fingerprint density at radius 3 is 2.75 bits per heavy atom. The van der Waals surface area contributed by atoms with E-state index in [2.05, 4.69) is 4.98 Å². The number of carboxylic acid groups (broad SMARTS) is 1. The first-order valence-corrected chi connectivity index (χ1v) is 5.85. The van der Waals surface area contributed by atoms with Crippen molar-refractivity contribution in [3.63, 3.8) is 0 Å². The molecule has 4 heteroatoms. The normalized spacial score (nSPS) is 17.6. The molecule has 0 saturated heterocycles. The largest absolute Gasteiger partial charge is 0.481 e. The van der Waals surface area contributed by atoms with Crippen molar-refractivity contribution in [2.75, 3.05) is 0 Å². The molecule has 0 aromatic carbocycles. The smallest absolute Gasteiger partial charge is 0.311 e. The van der Waals surface area contributed by atoms with Gasteiger partial charge in [-0.15, -0.1) is 0 Å². The summed E-state index contributed by atoms with van der Waals surface area (Å²) in [7, 11) is 0. The van der Waals surface area contributed by atoms with Crippen LogP contribution in [0.15, 0.2) is 4.42 Å². The van der Waals surface area contributed by atoms with Crippen LogP contribution in [0.4, 0.5) is 0 Å². The third kappa shape index (κ3) is 2.43. The third-order valence-electron chi connectivity index (χ3n) is 3.18. The molecule has 1 N–H and O–H groups in total. The second-order valence-corrected chi connectivity index (χ2v) is 4.47. The Labute approximate surface area is 94.7 Å². The number of nitrogens with zero attached hydrogens (tertiary/aromatic N) is 1. The Kier molecular flexibility index (Phi) is 3.27. The third-order valence-corrected chi connectivity index (χ3v) is 3.18. The highest BCUT2D eigenvalue weighted by molar-refractivity contribution is 5.69. The van der Waals surface area contributed by atoms with E-state index in [1.165, 1.54) is 19.3 Å². The number of aryl methyl sites for hydroxylation is 1. The van der Waals surface area contributed by atoms with Crippen molar-refractivity contribution in [1.82, 2.24) is 4.98 Å². The molecular formula is C12H17NO3. The molecule has 1 aliphatic carbocycles. The molecular weight excluding hydrogens is 206 g/mol. The van der Waals surface area contributed by atoms with Gasteiger partial charge in [-0.05, 0) is 19.8 Å². The van der Waals surface area contributed by atoms with Gasteiger partial charge in [-0.3, -0.25) is 4.79 Å². The minimum Gasteiger partial charge on any atom is -0.481 e. The maximum Gasteiger partial charge on any atom is 0.311 e. The highest BCUT2D eigenvalue weighted by Gasteiger charge is 2.22. The lowest BCUT2D eigenvalue weighted by Gasteiger charge is -2.17. The van der Waals surface area contributed by atoms with Crippen molar-refractivity contribution in [2.45, 2.75) is 51.4 Å². The summed E-state index contributed by atoms with van der Waals surface area (Å²) < 4.78 is 5.57. The van der Waals surface area contributed by atoms with Gasteiger partial charge in [-0.25, -0.2) is 4.98 Å². The van der Waals surface area contributed by atoms with Gasteiger partial charge in [-0.2, -0.15) is 0 Å². The number of rotatable bonds is 3. The minimum absolute atomic E-state index is 0.0639. The summed E-state index contributed by atoms with van der Waals surface area (Å²) in [4.78, 5) is 15.0. The van der Waals surface area contributed by atoms with E-state index in [4.69, 9.17) is 9.52 Å². The lowest BCUT2D eigenvalue weighted by Crippen LogP contribution is -2.04. The van der Waals surface area contributed by atoms with Crippen molar-refractivity contribution in [1.29, 1.82) is 0 Å². The molecule has 1 aliphatic rings. The van der Waals surface area contributed by atoms with Crippen LogP contribution in [-0.4, -0.2) is 16.1 Å². The number of hydrogen-bond donors (Lipinski definition) is 1. The lowest BCUT2D eigenvalue weighted by atomic mass is 9.89. The second-order valence-electron chi connectivity index (χ2n) is 4.47. The van der Waals surface area contributed by atoms with Crippen LogP contribution in [0.25, 0.3) is 0 Å². The maximum atomic E-state index is 10.6. The summed E-state index contributed by atoms with van der Waals surface area (Å²) in [6.07, 6.45) is 5.91. The van der Waals surface area contributed by atoms with Crippen LogP contribution in [0.5, 0.6) is 0 Å². The molecule has 1 aromatic heterocycles.